The smallest absolute Gasteiger partial charge is 0.191 e. The number of hydrogen-bond acceptors (Lipinski definition) is 4. The summed E-state index contributed by atoms with van der Waals surface area (Å²) in [6.45, 7) is 13.1. The summed E-state index contributed by atoms with van der Waals surface area (Å²) in [7, 11) is 2.18. The Hall–Kier alpha value is -1.63. The number of hydrogen-bond donors (Lipinski definition) is 2. The molecule has 0 saturated heterocycles. The van der Waals surface area contributed by atoms with Gasteiger partial charge in [-0.1, -0.05) is 6.92 Å². The maximum atomic E-state index is 4.65. The van der Waals surface area contributed by atoms with Crippen LogP contribution in [0.3, 0.4) is 0 Å². The Morgan fingerprint density at radius 1 is 1.29 bits per heavy atom. The number of unbranched alkanes of at least 4 members (excludes halogenated alkanes) is 1. The molecule has 0 radical (unpaired) electrons. The molecule has 7 nitrogen and oxygen atoms in total. The highest BCUT2D eigenvalue weighted by molar-refractivity contribution is 5.79. The third-order valence-corrected chi connectivity index (χ3v) is 4.07. The lowest BCUT2D eigenvalue weighted by molar-refractivity contribution is 0.269. The molecule has 1 heterocycles. The Labute approximate surface area is 146 Å². The SMILES string of the molecule is CCNC(=NCCCCN(C)C(C)C)NCCn1cnnc1CC. The zero-order valence-corrected chi connectivity index (χ0v) is 16.0. The molecule has 7 heteroatoms. The van der Waals surface area contributed by atoms with E-state index in [-0.39, 0.29) is 0 Å². The summed E-state index contributed by atoms with van der Waals surface area (Å²) in [6, 6.07) is 0.609. The predicted molar refractivity (Wildman–Crippen MR) is 100 cm³/mol. The fourth-order valence-electron chi connectivity index (χ4n) is 2.30. The van der Waals surface area contributed by atoms with Crippen molar-refractivity contribution in [2.24, 2.45) is 4.99 Å². The third kappa shape index (κ3) is 7.77. The molecule has 24 heavy (non-hydrogen) atoms. The first-order valence-electron chi connectivity index (χ1n) is 9.17. The van der Waals surface area contributed by atoms with Gasteiger partial charge in [0, 0.05) is 38.6 Å². The van der Waals surface area contributed by atoms with E-state index in [9.17, 15) is 0 Å². The summed E-state index contributed by atoms with van der Waals surface area (Å²) in [5.74, 6) is 1.91. The lowest BCUT2D eigenvalue weighted by Gasteiger charge is -2.20. The van der Waals surface area contributed by atoms with Crippen LogP contribution in [0.15, 0.2) is 11.3 Å². The largest absolute Gasteiger partial charge is 0.357 e. The van der Waals surface area contributed by atoms with Crippen LogP contribution >= 0.6 is 0 Å². The van der Waals surface area contributed by atoms with E-state index in [0.29, 0.717) is 6.04 Å². The van der Waals surface area contributed by atoms with E-state index in [1.54, 1.807) is 6.33 Å². The van der Waals surface area contributed by atoms with Gasteiger partial charge in [-0.15, -0.1) is 10.2 Å². The molecule has 0 bridgehead atoms. The Morgan fingerprint density at radius 3 is 2.75 bits per heavy atom. The summed E-state index contributed by atoms with van der Waals surface area (Å²) >= 11 is 0. The molecule has 0 amide bonds. The maximum absolute atomic E-state index is 4.65. The van der Waals surface area contributed by atoms with Crippen LogP contribution in [-0.4, -0.2) is 64.9 Å². The molecule has 0 aliphatic heterocycles. The molecule has 0 aliphatic carbocycles. The van der Waals surface area contributed by atoms with Crippen LogP contribution in [0.25, 0.3) is 0 Å². The third-order valence-electron chi connectivity index (χ3n) is 4.07. The van der Waals surface area contributed by atoms with E-state index >= 15 is 0 Å². The molecule has 0 spiro atoms. The lowest BCUT2D eigenvalue weighted by atomic mass is 10.2. The molecule has 0 aromatic carbocycles. The summed E-state index contributed by atoms with van der Waals surface area (Å²) in [4.78, 5) is 7.02. The van der Waals surface area contributed by atoms with Crippen LogP contribution in [-0.2, 0) is 13.0 Å². The molecule has 1 aromatic rings. The Balaban J connectivity index is 2.29. The average Bonchev–Trinajstić information content (AvgIpc) is 3.01. The number of guanidine groups is 1. The van der Waals surface area contributed by atoms with Crippen molar-refractivity contribution < 1.29 is 0 Å². The normalized spacial score (nSPS) is 12.2. The summed E-state index contributed by atoms with van der Waals surface area (Å²) in [5.41, 5.74) is 0. The first kappa shape index (κ1) is 20.4. The van der Waals surface area contributed by atoms with Gasteiger partial charge >= 0.3 is 0 Å². The van der Waals surface area contributed by atoms with Crippen LogP contribution < -0.4 is 10.6 Å². The van der Waals surface area contributed by atoms with Gasteiger partial charge in [-0.2, -0.15) is 0 Å². The molecular formula is C17H35N7. The molecule has 0 atom stereocenters. The van der Waals surface area contributed by atoms with Crippen molar-refractivity contribution >= 4 is 5.96 Å². The zero-order valence-electron chi connectivity index (χ0n) is 16.0. The van der Waals surface area contributed by atoms with E-state index in [1.807, 2.05) is 0 Å². The molecule has 0 saturated carbocycles. The van der Waals surface area contributed by atoms with Crippen LogP contribution in [0.2, 0.25) is 0 Å². The van der Waals surface area contributed by atoms with E-state index in [1.165, 1.54) is 6.42 Å². The van der Waals surface area contributed by atoms with Gasteiger partial charge in [0.15, 0.2) is 5.96 Å². The number of aryl methyl sites for hydroxylation is 1. The first-order chi connectivity index (χ1) is 11.6. The Morgan fingerprint density at radius 2 is 2.08 bits per heavy atom. The van der Waals surface area contributed by atoms with Gasteiger partial charge in [0.2, 0.25) is 0 Å². The lowest BCUT2D eigenvalue weighted by Crippen LogP contribution is -2.39. The second-order valence-corrected chi connectivity index (χ2v) is 6.26. The number of aliphatic imine (C=N–C) groups is 1. The molecule has 0 unspecified atom stereocenters. The molecule has 0 aliphatic rings. The van der Waals surface area contributed by atoms with Crippen molar-refractivity contribution in [3.8, 4) is 0 Å². The highest BCUT2D eigenvalue weighted by Gasteiger charge is 2.03. The summed E-state index contributed by atoms with van der Waals surface area (Å²) in [6.07, 6.45) is 4.98. The van der Waals surface area contributed by atoms with Gasteiger partial charge < -0.3 is 20.1 Å². The average molecular weight is 338 g/mol. The number of nitrogens with one attached hydrogen (secondary N) is 2. The minimum Gasteiger partial charge on any atom is -0.357 e. The Kier molecular flexibility index (Phi) is 10.1. The summed E-state index contributed by atoms with van der Waals surface area (Å²) < 4.78 is 2.08. The molecule has 138 valence electrons. The monoisotopic (exact) mass is 337 g/mol. The number of nitrogens with zero attached hydrogens (tertiary/aromatic N) is 5. The van der Waals surface area contributed by atoms with Gasteiger partial charge in [0.25, 0.3) is 0 Å². The van der Waals surface area contributed by atoms with Crippen molar-refractivity contribution in [1.29, 1.82) is 0 Å². The van der Waals surface area contributed by atoms with Gasteiger partial charge in [-0.3, -0.25) is 4.99 Å². The van der Waals surface area contributed by atoms with Gasteiger partial charge in [0.1, 0.15) is 12.2 Å². The first-order valence-corrected chi connectivity index (χ1v) is 9.17. The fraction of sp³-hybridized carbons (Fsp3) is 0.824. The molecular weight excluding hydrogens is 302 g/mol. The van der Waals surface area contributed by atoms with Crippen molar-refractivity contribution in [3.05, 3.63) is 12.2 Å². The van der Waals surface area contributed by atoms with Crippen molar-refractivity contribution in [1.82, 2.24) is 30.3 Å². The second kappa shape index (κ2) is 11.8. The minimum absolute atomic E-state index is 0.609. The van der Waals surface area contributed by atoms with Gasteiger partial charge in [-0.05, 0) is 47.2 Å². The van der Waals surface area contributed by atoms with Crippen molar-refractivity contribution in [2.75, 3.05) is 33.2 Å². The number of rotatable bonds is 11. The van der Waals surface area contributed by atoms with E-state index in [0.717, 1.165) is 57.3 Å². The topological polar surface area (TPSA) is 70.4 Å². The second-order valence-electron chi connectivity index (χ2n) is 6.26. The van der Waals surface area contributed by atoms with Crippen molar-refractivity contribution in [3.63, 3.8) is 0 Å². The minimum atomic E-state index is 0.609. The molecule has 2 N–H and O–H groups in total. The van der Waals surface area contributed by atoms with Gasteiger partial charge in [-0.25, -0.2) is 0 Å². The highest BCUT2D eigenvalue weighted by atomic mass is 15.3. The van der Waals surface area contributed by atoms with Crippen LogP contribution in [0.4, 0.5) is 0 Å². The number of aromatic nitrogens is 3. The molecule has 1 aromatic heterocycles. The maximum Gasteiger partial charge on any atom is 0.191 e. The molecule has 1 rings (SSSR count). The summed E-state index contributed by atoms with van der Waals surface area (Å²) in [5, 5.41) is 14.7. The quantitative estimate of drug-likeness (QED) is 0.364. The zero-order chi connectivity index (χ0) is 17.8. The highest BCUT2D eigenvalue weighted by Crippen LogP contribution is 1.98. The Bertz CT molecular complexity index is 467. The van der Waals surface area contributed by atoms with E-state index in [4.69, 9.17) is 0 Å². The molecule has 0 fully saturated rings. The van der Waals surface area contributed by atoms with Gasteiger partial charge in [0.05, 0.1) is 0 Å². The van der Waals surface area contributed by atoms with Crippen LogP contribution in [0.1, 0.15) is 46.4 Å². The predicted octanol–water partition coefficient (Wildman–Crippen LogP) is 1.52. The van der Waals surface area contributed by atoms with Crippen molar-refractivity contribution in [2.45, 2.75) is 59.5 Å². The van der Waals surface area contributed by atoms with Crippen LogP contribution in [0.5, 0.6) is 0 Å². The standard InChI is InChI=1S/C17H35N7/c1-6-16-22-21-14-24(16)13-11-20-17(18-7-2)19-10-8-9-12-23(5)15(3)4/h14-15H,6-13H2,1-5H3,(H2,18,19,20). The van der Waals surface area contributed by atoms with Crippen LogP contribution in [0, 0.1) is 0 Å². The van der Waals surface area contributed by atoms with E-state index in [2.05, 4.69) is 70.0 Å². The van der Waals surface area contributed by atoms with E-state index < -0.39 is 0 Å². The fourth-order valence-corrected chi connectivity index (χ4v) is 2.30.